The lowest BCUT2D eigenvalue weighted by molar-refractivity contribution is 0.111. The average Bonchev–Trinajstić information content (AvgIpc) is 3.06. The minimum atomic E-state index is 0.556. The van der Waals surface area contributed by atoms with Crippen molar-refractivity contribution in [3.05, 3.63) is 47.1 Å². The van der Waals surface area contributed by atoms with Crippen LogP contribution >= 0.6 is 11.3 Å². The Hall–Kier alpha value is -1.94. The van der Waals surface area contributed by atoms with Crippen molar-refractivity contribution in [1.82, 2.24) is 9.38 Å². The zero-order valence-corrected chi connectivity index (χ0v) is 12.4. The van der Waals surface area contributed by atoms with E-state index >= 15 is 0 Å². The highest BCUT2D eigenvalue weighted by atomic mass is 32.1. The molecule has 1 unspecified atom stereocenters. The minimum Gasteiger partial charge on any atom is -0.296 e. The van der Waals surface area contributed by atoms with Crippen molar-refractivity contribution in [1.29, 1.82) is 0 Å². The number of hydrogen-bond acceptors (Lipinski definition) is 3. The Morgan fingerprint density at radius 3 is 2.75 bits per heavy atom. The van der Waals surface area contributed by atoms with Crippen molar-refractivity contribution in [3.63, 3.8) is 0 Å². The smallest absolute Gasteiger partial charge is 0.194 e. The van der Waals surface area contributed by atoms with E-state index in [0.29, 0.717) is 11.6 Å². The Kier molecular flexibility index (Phi) is 3.40. The first-order valence-corrected chi connectivity index (χ1v) is 7.63. The maximum absolute atomic E-state index is 11.3. The molecule has 0 aliphatic heterocycles. The fourth-order valence-electron chi connectivity index (χ4n) is 2.33. The van der Waals surface area contributed by atoms with Crippen LogP contribution in [0, 0.1) is 0 Å². The third-order valence-corrected chi connectivity index (χ3v) is 4.53. The predicted octanol–water partition coefficient (Wildman–Crippen LogP) is 4.39. The van der Waals surface area contributed by atoms with Crippen LogP contribution in [0.4, 0.5) is 0 Å². The van der Waals surface area contributed by atoms with E-state index in [-0.39, 0.29) is 0 Å². The second kappa shape index (κ2) is 5.21. The van der Waals surface area contributed by atoms with Crippen LogP contribution in [0.3, 0.4) is 0 Å². The number of aldehydes is 1. The molecule has 3 rings (SSSR count). The van der Waals surface area contributed by atoms with Gasteiger partial charge in [0.05, 0.1) is 0 Å². The topological polar surface area (TPSA) is 34.4 Å². The Bertz CT molecular complexity index is 740. The SMILES string of the molecule is CCC(C)c1ccc(-c2nc3sccn3c2C=O)cc1. The molecule has 102 valence electrons. The molecule has 0 aliphatic rings. The standard InChI is InChI=1S/C16H16N2OS/c1-3-11(2)12-4-6-13(7-5-12)15-14(10-19)18-8-9-20-16(18)17-15/h4-11H,3H2,1-2H3. The van der Waals surface area contributed by atoms with Crippen LogP contribution < -0.4 is 0 Å². The van der Waals surface area contributed by atoms with Gasteiger partial charge >= 0.3 is 0 Å². The van der Waals surface area contributed by atoms with E-state index in [1.54, 1.807) is 0 Å². The largest absolute Gasteiger partial charge is 0.296 e. The van der Waals surface area contributed by atoms with E-state index in [2.05, 4.69) is 43.1 Å². The first-order valence-electron chi connectivity index (χ1n) is 6.75. The highest BCUT2D eigenvalue weighted by Gasteiger charge is 2.14. The Morgan fingerprint density at radius 1 is 1.35 bits per heavy atom. The molecule has 2 heterocycles. The summed E-state index contributed by atoms with van der Waals surface area (Å²) in [5.74, 6) is 0.556. The van der Waals surface area contributed by atoms with Crippen molar-refractivity contribution >= 4 is 22.6 Å². The second-order valence-electron chi connectivity index (χ2n) is 4.95. The molecule has 0 amide bonds. The van der Waals surface area contributed by atoms with Crippen LogP contribution in [0.2, 0.25) is 0 Å². The molecule has 0 aliphatic carbocycles. The van der Waals surface area contributed by atoms with E-state index < -0.39 is 0 Å². The molecule has 0 bridgehead atoms. The van der Waals surface area contributed by atoms with Gasteiger partial charge in [-0.05, 0) is 17.9 Å². The van der Waals surface area contributed by atoms with Crippen molar-refractivity contribution < 1.29 is 4.79 Å². The number of carbonyl (C=O) groups excluding carboxylic acids is 1. The molecule has 0 saturated heterocycles. The zero-order chi connectivity index (χ0) is 14.1. The molecule has 1 atom stereocenters. The maximum atomic E-state index is 11.3. The minimum absolute atomic E-state index is 0.556. The van der Waals surface area contributed by atoms with Crippen LogP contribution in [0.1, 0.15) is 42.2 Å². The summed E-state index contributed by atoms with van der Waals surface area (Å²) in [4.78, 5) is 16.8. The average molecular weight is 284 g/mol. The highest BCUT2D eigenvalue weighted by molar-refractivity contribution is 7.15. The summed E-state index contributed by atoms with van der Waals surface area (Å²) >= 11 is 1.54. The fourth-order valence-corrected chi connectivity index (χ4v) is 3.05. The van der Waals surface area contributed by atoms with Crippen molar-refractivity contribution in [2.75, 3.05) is 0 Å². The molecule has 20 heavy (non-hydrogen) atoms. The first kappa shape index (κ1) is 13.1. The third kappa shape index (κ3) is 2.06. The molecule has 0 radical (unpaired) electrons. The normalized spacial score (nSPS) is 12.7. The number of imidazole rings is 1. The van der Waals surface area contributed by atoms with Gasteiger partial charge in [0.25, 0.3) is 0 Å². The van der Waals surface area contributed by atoms with E-state index in [4.69, 9.17) is 0 Å². The second-order valence-corrected chi connectivity index (χ2v) is 5.82. The summed E-state index contributed by atoms with van der Waals surface area (Å²) < 4.78 is 1.84. The fraction of sp³-hybridized carbons (Fsp3) is 0.250. The molecule has 3 aromatic rings. The number of benzene rings is 1. The lowest BCUT2D eigenvalue weighted by Crippen LogP contribution is -1.93. The van der Waals surface area contributed by atoms with Crippen molar-refractivity contribution in [3.8, 4) is 11.3 Å². The lowest BCUT2D eigenvalue weighted by atomic mass is 9.97. The van der Waals surface area contributed by atoms with Gasteiger partial charge in [0.15, 0.2) is 11.2 Å². The number of aromatic nitrogens is 2. The number of carbonyl (C=O) groups is 1. The Labute approximate surface area is 121 Å². The molecular weight excluding hydrogens is 268 g/mol. The van der Waals surface area contributed by atoms with Gasteiger partial charge in [0.1, 0.15) is 11.4 Å². The van der Waals surface area contributed by atoms with Crippen LogP contribution in [0.15, 0.2) is 35.8 Å². The van der Waals surface area contributed by atoms with Gasteiger partial charge in [0, 0.05) is 17.1 Å². The van der Waals surface area contributed by atoms with Crippen LogP contribution in [-0.2, 0) is 0 Å². The first-order chi connectivity index (χ1) is 9.74. The van der Waals surface area contributed by atoms with E-state index in [1.807, 2.05) is 16.0 Å². The summed E-state index contributed by atoms with van der Waals surface area (Å²) in [6.45, 7) is 4.41. The van der Waals surface area contributed by atoms with Crippen LogP contribution in [0.25, 0.3) is 16.2 Å². The van der Waals surface area contributed by atoms with Gasteiger partial charge in [-0.1, -0.05) is 38.1 Å². The molecule has 0 N–H and O–H groups in total. The number of thiazole rings is 1. The van der Waals surface area contributed by atoms with Gasteiger partial charge in [-0.3, -0.25) is 9.20 Å². The molecule has 2 aromatic heterocycles. The summed E-state index contributed by atoms with van der Waals surface area (Å²) in [6, 6.07) is 8.37. The number of nitrogens with zero attached hydrogens (tertiary/aromatic N) is 2. The maximum Gasteiger partial charge on any atom is 0.194 e. The monoisotopic (exact) mass is 284 g/mol. The summed E-state index contributed by atoms with van der Waals surface area (Å²) in [7, 11) is 0. The number of fused-ring (bicyclic) bond motifs is 1. The summed E-state index contributed by atoms with van der Waals surface area (Å²) in [5.41, 5.74) is 3.71. The quantitative estimate of drug-likeness (QED) is 0.666. The Balaban J connectivity index is 2.06. The van der Waals surface area contributed by atoms with Gasteiger partial charge in [-0.25, -0.2) is 4.98 Å². The predicted molar refractivity (Wildman–Crippen MR) is 82.6 cm³/mol. The van der Waals surface area contributed by atoms with Gasteiger partial charge in [0.2, 0.25) is 0 Å². The molecule has 3 nitrogen and oxygen atoms in total. The van der Waals surface area contributed by atoms with Crippen LogP contribution in [-0.4, -0.2) is 15.7 Å². The van der Waals surface area contributed by atoms with Gasteiger partial charge in [-0.15, -0.1) is 11.3 Å². The summed E-state index contributed by atoms with van der Waals surface area (Å²) in [6.07, 6.45) is 3.89. The molecule has 4 heteroatoms. The zero-order valence-electron chi connectivity index (χ0n) is 11.5. The lowest BCUT2D eigenvalue weighted by Gasteiger charge is -2.09. The summed E-state index contributed by atoms with van der Waals surface area (Å²) in [5, 5.41) is 1.94. The highest BCUT2D eigenvalue weighted by Crippen LogP contribution is 2.27. The molecule has 0 saturated carbocycles. The van der Waals surface area contributed by atoms with E-state index in [1.165, 1.54) is 16.9 Å². The Morgan fingerprint density at radius 2 is 2.10 bits per heavy atom. The molecule has 0 fully saturated rings. The van der Waals surface area contributed by atoms with Crippen LogP contribution in [0.5, 0.6) is 0 Å². The van der Waals surface area contributed by atoms with E-state index in [0.717, 1.165) is 28.9 Å². The molecule has 1 aromatic carbocycles. The van der Waals surface area contributed by atoms with Crippen molar-refractivity contribution in [2.45, 2.75) is 26.2 Å². The third-order valence-electron chi connectivity index (χ3n) is 3.78. The molecule has 0 spiro atoms. The van der Waals surface area contributed by atoms with Gasteiger partial charge < -0.3 is 0 Å². The number of hydrogen-bond donors (Lipinski definition) is 0. The molecular formula is C16H16N2OS. The van der Waals surface area contributed by atoms with Gasteiger partial charge in [-0.2, -0.15) is 0 Å². The van der Waals surface area contributed by atoms with Crippen molar-refractivity contribution in [2.24, 2.45) is 0 Å². The van der Waals surface area contributed by atoms with E-state index in [9.17, 15) is 4.79 Å². The number of rotatable bonds is 4.